The lowest BCUT2D eigenvalue weighted by molar-refractivity contribution is -0.140. The maximum Gasteiger partial charge on any atom is 0.264 e. The highest BCUT2D eigenvalue weighted by Crippen LogP contribution is 2.34. The van der Waals surface area contributed by atoms with Crippen LogP contribution in [0.25, 0.3) is 0 Å². The molecular weight excluding hydrogens is 689 g/mol. The minimum Gasteiger partial charge on any atom is -0.492 e. The summed E-state index contributed by atoms with van der Waals surface area (Å²) < 4.78 is 35.7. The molecule has 0 saturated carbocycles. The van der Waals surface area contributed by atoms with Crippen LogP contribution in [0.5, 0.6) is 5.75 Å². The van der Waals surface area contributed by atoms with Crippen molar-refractivity contribution in [1.82, 2.24) is 10.2 Å². The van der Waals surface area contributed by atoms with Crippen LogP contribution in [0.4, 0.5) is 5.69 Å². The van der Waals surface area contributed by atoms with E-state index < -0.39 is 28.5 Å². The van der Waals surface area contributed by atoms with Crippen LogP contribution >= 0.6 is 35.0 Å². The molecule has 12 heteroatoms. The van der Waals surface area contributed by atoms with Crippen molar-refractivity contribution in [3.63, 3.8) is 0 Å². The quantitative estimate of drug-likeness (QED) is 0.128. The molecule has 0 unspecified atom stereocenters. The molecule has 4 aromatic rings. The van der Waals surface area contributed by atoms with Gasteiger partial charge in [0, 0.05) is 33.9 Å². The molecule has 4 rings (SSSR count). The molecule has 0 aliphatic rings. The van der Waals surface area contributed by atoms with Crippen LogP contribution in [0.1, 0.15) is 31.9 Å². The first-order valence-electron chi connectivity index (χ1n) is 15.4. The molecule has 0 spiro atoms. The Bertz CT molecular complexity index is 1810. The highest BCUT2D eigenvalue weighted by atomic mass is 35.5. The van der Waals surface area contributed by atoms with Gasteiger partial charge in [0.2, 0.25) is 11.8 Å². The van der Waals surface area contributed by atoms with E-state index in [1.807, 2.05) is 50.4 Å². The number of sulfonamides is 1. The Labute approximate surface area is 297 Å². The van der Waals surface area contributed by atoms with E-state index >= 15 is 0 Å². The number of halogens is 2. The first-order valence-corrected chi connectivity index (χ1v) is 18.8. The topological polar surface area (TPSA) is 96.0 Å². The van der Waals surface area contributed by atoms with Crippen LogP contribution in [0, 0.1) is 0 Å². The van der Waals surface area contributed by atoms with E-state index in [9.17, 15) is 18.0 Å². The Kier molecular flexibility index (Phi) is 13.2. The average molecular weight is 729 g/mol. The van der Waals surface area contributed by atoms with Crippen molar-refractivity contribution in [2.75, 3.05) is 23.7 Å². The van der Waals surface area contributed by atoms with Gasteiger partial charge in [-0.15, -0.1) is 11.8 Å². The van der Waals surface area contributed by atoms with Crippen molar-refractivity contribution in [2.45, 2.75) is 55.6 Å². The van der Waals surface area contributed by atoms with E-state index in [0.717, 1.165) is 14.8 Å². The van der Waals surface area contributed by atoms with Gasteiger partial charge >= 0.3 is 0 Å². The summed E-state index contributed by atoms with van der Waals surface area (Å²) in [5, 5.41) is 3.67. The molecule has 48 heavy (non-hydrogen) atoms. The SMILES string of the molecule is CCOc1ccccc1N(CC(=O)N(Cc1ccc(Cl)cc1Cl)[C@H](Cc1ccccc1)C(=O)NC(C)C)S(=O)(=O)c1ccc(SC)cc1. The molecule has 0 bridgehead atoms. The van der Waals surface area contributed by atoms with Gasteiger partial charge in [-0.1, -0.05) is 71.7 Å². The van der Waals surface area contributed by atoms with Gasteiger partial charge in [-0.25, -0.2) is 8.42 Å². The number of ether oxygens (including phenoxy) is 1. The summed E-state index contributed by atoms with van der Waals surface area (Å²) in [4.78, 5) is 30.9. The largest absolute Gasteiger partial charge is 0.492 e. The third kappa shape index (κ3) is 9.47. The number of rotatable bonds is 15. The van der Waals surface area contributed by atoms with E-state index in [-0.39, 0.29) is 42.1 Å². The summed E-state index contributed by atoms with van der Waals surface area (Å²) in [7, 11) is -4.31. The molecule has 4 aromatic carbocycles. The lowest BCUT2D eigenvalue weighted by atomic mass is 10.0. The minimum atomic E-state index is -4.31. The summed E-state index contributed by atoms with van der Waals surface area (Å²) >= 11 is 14.3. The number of carbonyl (C=O) groups is 2. The van der Waals surface area contributed by atoms with E-state index in [4.69, 9.17) is 27.9 Å². The van der Waals surface area contributed by atoms with Gasteiger partial charge in [0.05, 0.1) is 17.2 Å². The van der Waals surface area contributed by atoms with Crippen molar-refractivity contribution in [3.8, 4) is 5.75 Å². The second-order valence-corrected chi connectivity index (χ2v) is 14.8. The maximum atomic E-state index is 14.7. The Morgan fingerprint density at radius 1 is 0.917 bits per heavy atom. The molecule has 0 fully saturated rings. The van der Waals surface area contributed by atoms with Crippen molar-refractivity contribution in [1.29, 1.82) is 0 Å². The fourth-order valence-electron chi connectivity index (χ4n) is 5.10. The Morgan fingerprint density at radius 2 is 1.58 bits per heavy atom. The number of benzene rings is 4. The molecule has 0 aromatic heterocycles. The predicted molar refractivity (Wildman–Crippen MR) is 195 cm³/mol. The normalized spacial score (nSPS) is 12.0. The molecular formula is C36H39Cl2N3O5S2. The number of para-hydroxylation sites is 2. The van der Waals surface area contributed by atoms with Crippen LogP contribution in [0.3, 0.4) is 0 Å². The number of nitrogens with zero attached hydrogens (tertiary/aromatic N) is 2. The number of thioether (sulfide) groups is 1. The lowest BCUT2D eigenvalue weighted by Crippen LogP contribution is -2.54. The smallest absolute Gasteiger partial charge is 0.264 e. The van der Waals surface area contributed by atoms with Crippen LogP contribution in [-0.4, -0.2) is 56.6 Å². The Balaban J connectivity index is 1.86. The molecule has 0 radical (unpaired) electrons. The van der Waals surface area contributed by atoms with Crippen molar-refractivity contribution in [2.24, 2.45) is 0 Å². The summed E-state index contributed by atoms with van der Waals surface area (Å²) in [5.74, 6) is -0.705. The molecule has 0 aliphatic carbocycles. The van der Waals surface area contributed by atoms with Gasteiger partial charge in [0.15, 0.2) is 0 Å². The number of hydrogen-bond donors (Lipinski definition) is 1. The van der Waals surface area contributed by atoms with Gasteiger partial charge in [-0.3, -0.25) is 13.9 Å². The second kappa shape index (κ2) is 17.1. The van der Waals surface area contributed by atoms with Crippen LogP contribution in [0.2, 0.25) is 10.0 Å². The highest BCUT2D eigenvalue weighted by Gasteiger charge is 2.36. The van der Waals surface area contributed by atoms with Crippen LogP contribution < -0.4 is 14.4 Å². The van der Waals surface area contributed by atoms with Gasteiger partial charge < -0.3 is 15.0 Å². The Hall–Kier alpha value is -3.70. The van der Waals surface area contributed by atoms with E-state index in [1.165, 1.54) is 28.8 Å². The van der Waals surface area contributed by atoms with Gasteiger partial charge in [0.1, 0.15) is 18.3 Å². The van der Waals surface area contributed by atoms with Gasteiger partial charge in [0.25, 0.3) is 10.0 Å². The third-order valence-electron chi connectivity index (χ3n) is 7.42. The number of carbonyl (C=O) groups excluding carboxylic acids is 2. The summed E-state index contributed by atoms with van der Waals surface area (Å²) in [6.07, 6.45) is 2.07. The average Bonchev–Trinajstić information content (AvgIpc) is 3.06. The van der Waals surface area contributed by atoms with E-state index in [2.05, 4.69) is 5.32 Å². The zero-order valence-electron chi connectivity index (χ0n) is 27.2. The summed E-state index contributed by atoms with van der Waals surface area (Å²) in [6, 6.07) is 26.1. The lowest BCUT2D eigenvalue weighted by Gasteiger charge is -2.34. The molecule has 0 aliphatic heterocycles. The molecule has 0 saturated heterocycles. The fraction of sp³-hybridized carbons (Fsp3) is 0.278. The number of anilines is 1. The minimum absolute atomic E-state index is 0.00471. The number of nitrogens with one attached hydrogen (secondary N) is 1. The monoisotopic (exact) mass is 727 g/mol. The van der Waals surface area contributed by atoms with Gasteiger partial charge in [-0.2, -0.15) is 0 Å². The van der Waals surface area contributed by atoms with Crippen molar-refractivity contribution < 1.29 is 22.7 Å². The predicted octanol–water partition coefficient (Wildman–Crippen LogP) is 7.47. The third-order valence-corrected chi connectivity index (χ3v) is 10.5. The molecule has 0 heterocycles. The van der Waals surface area contributed by atoms with Crippen molar-refractivity contribution in [3.05, 3.63) is 118 Å². The molecule has 8 nitrogen and oxygen atoms in total. The summed E-state index contributed by atoms with van der Waals surface area (Å²) in [6.45, 7) is 5.03. The fourth-order valence-corrected chi connectivity index (χ4v) is 7.40. The van der Waals surface area contributed by atoms with Crippen molar-refractivity contribution >= 4 is 62.5 Å². The first-order chi connectivity index (χ1) is 22.9. The number of hydrogen-bond acceptors (Lipinski definition) is 6. The number of amides is 2. The molecule has 2 amide bonds. The van der Waals surface area contributed by atoms with E-state index in [0.29, 0.717) is 21.4 Å². The maximum absolute atomic E-state index is 14.7. The molecule has 1 atom stereocenters. The van der Waals surface area contributed by atoms with Crippen LogP contribution in [0.15, 0.2) is 107 Å². The van der Waals surface area contributed by atoms with Gasteiger partial charge in [-0.05, 0) is 86.7 Å². The van der Waals surface area contributed by atoms with E-state index in [1.54, 1.807) is 61.5 Å². The van der Waals surface area contributed by atoms with Crippen LogP contribution in [-0.2, 0) is 32.6 Å². The first kappa shape index (κ1) is 37.1. The Morgan fingerprint density at radius 3 is 2.21 bits per heavy atom. The molecule has 1 N–H and O–H groups in total. The molecule has 254 valence electrons. The standard InChI is InChI=1S/C36H39Cl2N3O5S2/c1-5-46-34-14-10-9-13-32(34)41(48(44,45)30-19-17-29(47-4)18-20-30)24-35(42)40(23-27-15-16-28(37)22-31(27)38)33(36(43)39-25(2)3)21-26-11-7-6-8-12-26/h6-20,22,25,33H,5,21,23-24H2,1-4H3,(H,39,43)/t33-/m1/s1. The summed E-state index contributed by atoms with van der Waals surface area (Å²) in [5.41, 5.74) is 1.56. The highest BCUT2D eigenvalue weighted by molar-refractivity contribution is 7.98. The second-order valence-electron chi connectivity index (χ2n) is 11.2. The zero-order chi connectivity index (χ0) is 34.8. The zero-order valence-corrected chi connectivity index (χ0v) is 30.4.